The number of rotatable bonds is 2. The monoisotopic (exact) mass is 367 g/mol. The molecule has 2 aliphatic rings. The summed E-state index contributed by atoms with van der Waals surface area (Å²) in [6, 6.07) is 4.55. The molecule has 2 unspecified atom stereocenters. The van der Waals surface area contributed by atoms with E-state index in [4.69, 9.17) is 11.6 Å². The number of thiophene rings is 1. The zero-order valence-corrected chi connectivity index (χ0v) is 15.2. The summed E-state index contributed by atoms with van der Waals surface area (Å²) in [7, 11) is 0. The molecule has 0 radical (unpaired) electrons. The maximum absolute atomic E-state index is 13.1. The molecule has 2 aromatic heterocycles. The van der Waals surface area contributed by atoms with E-state index >= 15 is 0 Å². The lowest BCUT2D eigenvalue weighted by Gasteiger charge is -2.27. The van der Waals surface area contributed by atoms with Crippen molar-refractivity contribution in [3.8, 4) is 9.88 Å². The number of fused-ring (bicyclic) bond motifs is 2. The number of halogens is 1. The maximum Gasteiger partial charge on any atom is 0.266 e. The number of aryl methyl sites for hydroxylation is 1. The lowest BCUT2D eigenvalue weighted by molar-refractivity contribution is 0.0684. The summed E-state index contributed by atoms with van der Waals surface area (Å²) >= 11 is 9.02. The number of amides is 1. The Kier molecular flexibility index (Phi) is 4.17. The zero-order chi connectivity index (χ0) is 16.0. The normalized spacial score (nSPS) is 24.0. The minimum absolute atomic E-state index is 0.158. The highest BCUT2D eigenvalue weighted by molar-refractivity contribution is 7.24. The summed E-state index contributed by atoms with van der Waals surface area (Å²) in [6.07, 6.45) is 3.28. The van der Waals surface area contributed by atoms with Crippen LogP contribution in [-0.2, 0) is 0 Å². The van der Waals surface area contributed by atoms with Crippen molar-refractivity contribution in [1.29, 1.82) is 0 Å². The van der Waals surface area contributed by atoms with Crippen molar-refractivity contribution >= 4 is 40.2 Å². The lowest BCUT2D eigenvalue weighted by Crippen LogP contribution is -2.42. The Morgan fingerprint density at radius 1 is 1.30 bits per heavy atom. The van der Waals surface area contributed by atoms with Crippen LogP contribution >= 0.6 is 34.3 Å². The van der Waals surface area contributed by atoms with Crippen LogP contribution in [0.15, 0.2) is 12.1 Å². The molecular weight excluding hydrogens is 350 g/mol. The number of aromatic nitrogens is 1. The second kappa shape index (κ2) is 6.16. The van der Waals surface area contributed by atoms with E-state index in [-0.39, 0.29) is 5.91 Å². The maximum atomic E-state index is 13.1. The quantitative estimate of drug-likeness (QED) is 0.878. The summed E-state index contributed by atoms with van der Waals surface area (Å²) in [6.45, 7) is 3.85. The summed E-state index contributed by atoms with van der Waals surface area (Å²) in [4.78, 5) is 21.7. The van der Waals surface area contributed by atoms with E-state index in [0.29, 0.717) is 12.1 Å². The van der Waals surface area contributed by atoms with Crippen LogP contribution in [0.3, 0.4) is 0 Å². The number of carbonyl (C=O) groups is 1. The molecule has 122 valence electrons. The number of carbonyl (C=O) groups excluding carboxylic acids is 1. The van der Waals surface area contributed by atoms with Crippen LogP contribution < -0.4 is 5.32 Å². The highest BCUT2D eigenvalue weighted by atomic mass is 35.5. The summed E-state index contributed by atoms with van der Waals surface area (Å²) < 4.78 is 0.748. The van der Waals surface area contributed by atoms with Gasteiger partial charge in [0.15, 0.2) is 0 Å². The SMILES string of the molecule is Cc1nc(-c2ccc(Cl)s2)sc1C(=O)N1C2CCNCC1CC2. The number of nitrogens with one attached hydrogen (secondary N) is 1. The minimum atomic E-state index is 0.158. The second-order valence-corrected chi connectivity index (χ2v) is 8.84. The average Bonchev–Trinajstić information content (AvgIpc) is 3.15. The Morgan fingerprint density at radius 2 is 2.13 bits per heavy atom. The molecule has 2 aliphatic heterocycles. The first-order valence-electron chi connectivity index (χ1n) is 7.90. The van der Waals surface area contributed by atoms with E-state index < -0.39 is 0 Å². The molecule has 2 fully saturated rings. The minimum Gasteiger partial charge on any atom is -0.331 e. The van der Waals surface area contributed by atoms with Crippen LogP contribution in [0.4, 0.5) is 0 Å². The average molecular weight is 368 g/mol. The molecule has 1 amide bonds. The number of hydrogen-bond donors (Lipinski definition) is 1. The van der Waals surface area contributed by atoms with Gasteiger partial charge >= 0.3 is 0 Å². The summed E-state index contributed by atoms with van der Waals surface area (Å²) in [5.74, 6) is 0.158. The van der Waals surface area contributed by atoms with Gasteiger partial charge in [0.05, 0.1) is 14.9 Å². The lowest BCUT2D eigenvalue weighted by atomic mass is 10.1. The van der Waals surface area contributed by atoms with Crippen molar-refractivity contribution in [2.75, 3.05) is 13.1 Å². The molecule has 2 saturated heterocycles. The standard InChI is InChI=1S/C16H18ClN3OS2/c1-9-14(23-15(19-9)12-4-5-13(17)22-12)16(21)20-10-2-3-11(20)8-18-7-6-10/h4-5,10-11,18H,2-3,6-8H2,1H3. The van der Waals surface area contributed by atoms with Gasteiger partial charge in [-0.3, -0.25) is 4.79 Å². The van der Waals surface area contributed by atoms with Gasteiger partial charge in [0, 0.05) is 18.6 Å². The Morgan fingerprint density at radius 3 is 2.91 bits per heavy atom. The zero-order valence-electron chi connectivity index (χ0n) is 12.8. The van der Waals surface area contributed by atoms with Gasteiger partial charge in [-0.05, 0) is 44.9 Å². The van der Waals surface area contributed by atoms with Crippen LogP contribution in [0.2, 0.25) is 4.34 Å². The summed E-state index contributed by atoms with van der Waals surface area (Å²) in [5, 5.41) is 4.34. The molecule has 23 heavy (non-hydrogen) atoms. The van der Waals surface area contributed by atoms with Crippen molar-refractivity contribution < 1.29 is 4.79 Å². The van der Waals surface area contributed by atoms with E-state index in [1.54, 1.807) is 0 Å². The molecule has 0 aromatic carbocycles. The third-order valence-electron chi connectivity index (χ3n) is 4.66. The Bertz CT molecular complexity index is 728. The Hall–Kier alpha value is -0.950. The molecule has 4 rings (SSSR count). The van der Waals surface area contributed by atoms with Crippen molar-refractivity contribution in [2.45, 2.75) is 38.3 Å². The fourth-order valence-corrected chi connectivity index (χ4v) is 5.67. The molecular formula is C16H18ClN3OS2. The highest BCUT2D eigenvalue weighted by Gasteiger charge is 2.39. The first-order chi connectivity index (χ1) is 11.1. The number of hydrogen-bond acceptors (Lipinski definition) is 5. The molecule has 4 heterocycles. The van der Waals surface area contributed by atoms with Crippen LogP contribution in [0.5, 0.6) is 0 Å². The van der Waals surface area contributed by atoms with Gasteiger partial charge in [0.2, 0.25) is 0 Å². The second-order valence-electron chi connectivity index (χ2n) is 6.13. The Labute approximate surface area is 148 Å². The predicted molar refractivity (Wildman–Crippen MR) is 95.6 cm³/mol. The highest BCUT2D eigenvalue weighted by Crippen LogP contribution is 2.37. The van der Waals surface area contributed by atoms with Gasteiger partial charge in [-0.1, -0.05) is 11.6 Å². The van der Waals surface area contributed by atoms with E-state index in [9.17, 15) is 4.79 Å². The van der Waals surface area contributed by atoms with Gasteiger partial charge in [0.1, 0.15) is 9.88 Å². The van der Waals surface area contributed by atoms with Crippen LogP contribution in [-0.4, -0.2) is 41.0 Å². The van der Waals surface area contributed by atoms with E-state index in [1.807, 2.05) is 19.1 Å². The Balaban J connectivity index is 1.65. The van der Waals surface area contributed by atoms with Gasteiger partial charge in [0.25, 0.3) is 5.91 Å². The van der Waals surface area contributed by atoms with Crippen molar-refractivity contribution in [1.82, 2.24) is 15.2 Å². The fourth-order valence-electron chi connectivity index (χ4n) is 3.56. The number of nitrogens with zero attached hydrogens (tertiary/aromatic N) is 2. The van der Waals surface area contributed by atoms with Crippen LogP contribution in [0.1, 0.15) is 34.6 Å². The first-order valence-corrected chi connectivity index (χ1v) is 9.91. The third kappa shape index (κ3) is 2.82. The van der Waals surface area contributed by atoms with Gasteiger partial charge in [-0.25, -0.2) is 4.98 Å². The van der Waals surface area contributed by atoms with Crippen LogP contribution in [0, 0.1) is 6.92 Å². The molecule has 0 saturated carbocycles. The van der Waals surface area contributed by atoms with E-state index in [2.05, 4.69) is 15.2 Å². The van der Waals surface area contributed by atoms with Gasteiger partial charge < -0.3 is 10.2 Å². The molecule has 0 spiro atoms. The summed E-state index contributed by atoms with van der Waals surface area (Å²) in [5.41, 5.74) is 0.830. The smallest absolute Gasteiger partial charge is 0.266 e. The van der Waals surface area contributed by atoms with Crippen molar-refractivity contribution in [3.63, 3.8) is 0 Å². The van der Waals surface area contributed by atoms with Crippen LogP contribution in [0.25, 0.3) is 9.88 Å². The van der Waals surface area contributed by atoms with Gasteiger partial charge in [-0.2, -0.15) is 0 Å². The fraction of sp³-hybridized carbons (Fsp3) is 0.500. The molecule has 2 atom stereocenters. The third-order valence-corrected chi connectivity index (χ3v) is 7.21. The van der Waals surface area contributed by atoms with Gasteiger partial charge in [-0.15, -0.1) is 22.7 Å². The first kappa shape index (κ1) is 15.6. The molecule has 0 aliphatic carbocycles. The van der Waals surface area contributed by atoms with Crippen molar-refractivity contribution in [2.24, 2.45) is 0 Å². The molecule has 2 aromatic rings. The van der Waals surface area contributed by atoms with E-state index in [1.165, 1.54) is 22.7 Å². The molecule has 1 N–H and O–H groups in total. The topological polar surface area (TPSA) is 45.2 Å². The van der Waals surface area contributed by atoms with Crippen molar-refractivity contribution in [3.05, 3.63) is 27.0 Å². The number of thiazole rings is 1. The molecule has 4 nitrogen and oxygen atoms in total. The molecule has 2 bridgehead atoms. The largest absolute Gasteiger partial charge is 0.331 e. The molecule has 7 heteroatoms. The van der Waals surface area contributed by atoms with E-state index in [0.717, 1.165) is 57.1 Å². The predicted octanol–water partition coefficient (Wildman–Crippen LogP) is 3.80.